The van der Waals surface area contributed by atoms with Crippen molar-refractivity contribution >= 4 is 45.7 Å². The van der Waals surface area contributed by atoms with E-state index in [1.807, 2.05) is 22.6 Å². The first-order valence-corrected chi connectivity index (χ1v) is 10.6. The minimum Gasteiger partial charge on any atom is -0.381 e. The number of rotatable bonds is 6. The summed E-state index contributed by atoms with van der Waals surface area (Å²) < 4.78 is 59.4. The molecule has 1 heterocycles. The van der Waals surface area contributed by atoms with Crippen LogP contribution in [0.5, 0.6) is 0 Å². The number of amides is 1. The third-order valence-corrected chi connectivity index (χ3v) is 5.36. The summed E-state index contributed by atoms with van der Waals surface area (Å²) in [7, 11) is 0. The molecule has 3 aromatic rings. The lowest BCUT2D eigenvalue weighted by molar-refractivity contribution is 0.0948. The number of hydrogen-bond donors (Lipinski definition) is 3. The van der Waals surface area contributed by atoms with Crippen LogP contribution in [0.3, 0.4) is 0 Å². The van der Waals surface area contributed by atoms with Gasteiger partial charge in [0.05, 0.1) is 23.0 Å². The van der Waals surface area contributed by atoms with Crippen LogP contribution in [0.1, 0.15) is 28.4 Å². The quantitative estimate of drug-likeness (QED) is 0.225. The molecule has 0 radical (unpaired) electrons. The van der Waals surface area contributed by atoms with Gasteiger partial charge >= 0.3 is 0 Å². The van der Waals surface area contributed by atoms with Crippen molar-refractivity contribution < 1.29 is 22.4 Å². The van der Waals surface area contributed by atoms with Gasteiger partial charge in [0.2, 0.25) is 0 Å². The number of carbonyl (C=O) groups is 1. The second kappa shape index (κ2) is 10.1. The fourth-order valence-corrected chi connectivity index (χ4v) is 3.45. The van der Waals surface area contributed by atoms with Crippen LogP contribution in [0.2, 0.25) is 0 Å². The zero-order valence-electron chi connectivity index (χ0n) is 17.1. The number of carbonyl (C=O) groups excluding carboxylic acids is 1. The van der Waals surface area contributed by atoms with Gasteiger partial charge in [0.15, 0.2) is 23.3 Å². The van der Waals surface area contributed by atoms with Gasteiger partial charge in [0.1, 0.15) is 5.82 Å². The monoisotopic (exact) mass is 568 g/mol. The van der Waals surface area contributed by atoms with Crippen molar-refractivity contribution in [2.45, 2.75) is 19.4 Å². The Balaban J connectivity index is 2.13. The molecule has 0 aliphatic heterocycles. The molecule has 1 amide bonds. The van der Waals surface area contributed by atoms with Gasteiger partial charge in [-0.25, -0.2) is 22.5 Å². The highest BCUT2D eigenvalue weighted by molar-refractivity contribution is 14.1. The highest BCUT2D eigenvalue weighted by Gasteiger charge is 2.25. The van der Waals surface area contributed by atoms with Gasteiger partial charge in [-0.05, 0) is 71.0 Å². The van der Waals surface area contributed by atoms with Crippen molar-refractivity contribution in [3.8, 4) is 12.3 Å². The minimum absolute atomic E-state index is 0.0476. The molecule has 0 unspecified atom stereocenters. The molecule has 5 nitrogen and oxygen atoms in total. The molecule has 1 atom stereocenters. The number of hydrogen-bond acceptors (Lipinski definition) is 4. The van der Waals surface area contributed by atoms with Gasteiger partial charge < -0.3 is 16.4 Å². The standard InChI is InChI=1S/C23H17F4IN4O/c1-3-11(2)31-23(33)15-9-13(8-12-6-7-30-22(29)19(12)26)18(25)20(27)21(15)32-17-5-4-14(28)10-16(17)24/h1,4-7,9-11,32H,8H2,2H3,(H2,29,30)(H,31,33)/t11-/m1/s1. The van der Waals surface area contributed by atoms with E-state index in [2.05, 4.69) is 21.5 Å². The number of nitrogens with two attached hydrogens (primary N) is 1. The number of aromatic nitrogens is 1. The molecular formula is C23H17F4IN4O. The lowest BCUT2D eigenvalue weighted by Gasteiger charge is -2.18. The minimum atomic E-state index is -1.44. The summed E-state index contributed by atoms with van der Waals surface area (Å²) in [4.78, 5) is 16.4. The van der Waals surface area contributed by atoms with Crippen LogP contribution in [-0.4, -0.2) is 16.9 Å². The Morgan fingerprint density at radius 1 is 1.15 bits per heavy atom. The summed E-state index contributed by atoms with van der Waals surface area (Å²) in [5.41, 5.74) is 3.98. The molecule has 0 saturated heterocycles. The summed E-state index contributed by atoms with van der Waals surface area (Å²) in [6.07, 6.45) is 6.10. The Bertz CT molecular complexity index is 1280. The van der Waals surface area contributed by atoms with Crippen molar-refractivity contribution in [1.29, 1.82) is 0 Å². The third-order valence-electron chi connectivity index (χ3n) is 4.69. The maximum Gasteiger partial charge on any atom is 0.254 e. The topological polar surface area (TPSA) is 80.0 Å². The van der Waals surface area contributed by atoms with E-state index in [1.165, 1.54) is 31.3 Å². The zero-order valence-corrected chi connectivity index (χ0v) is 19.3. The van der Waals surface area contributed by atoms with Crippen LogP contribution < -0.4 is 16.4 Å². The predicted octanol–water partition coefficient (Wildman–Crippen LogP) is 4.91. The van der Waals surface area contributed by atoms with E-state index >= 15 is 4.39 Å². The van der Waals surface area contributed by atoms with Crippen LogP contribution in [0.25, 0.3) is 0 Å². The Hall–Kier alpha value is -3.33. The number of nitrogens with one attached hydrogen (secondary N) is 2. The maximum atomic E-state index is 15.2. The van der Waals surface area contributed by atoms with Crippen molar-refractivity contribution in [1.82, 2.24) is 10.3 Å². The molecule has 3 rings (SSSR count). The first kappa shape index (κ1) is 24.3. The van der Waals surface area contributed by atoms with Crippen molar-refractivity contribution in [2.24, 2.45) is 0 Å². The fraction of sp³-hybridized carbons (Fsp3) is 0.130. The summed E-state index contributed by atoms with van der Waals surface area (Å²) in [5, 5.41) is 4.90. The number of benzene rings is 2. The number of nitrogen functional groups attached to an aromatic ring is 1. The highest BCUT2D eigenvalue weighted by Crippen LogP contribution is 2.32. The number of nitrogens with zero attached hydrogens (tertiary/aromatic N) is 1. The van der Waals surface area contributed by atoms with Crippen LogP contribution in [-0.2, 0) is 6.42 Å². The molecule has 0 spiro atoms. The van der Waals surface area contributed by atoms with Crippen molar-refractivity contribution in [3.63, 3.8) is 0 Å². The van der Waals surface area contributed by atoms with E-state index in [0.29, 0.717) is 3.57 Å². The van der Waals surface area contributed by atoms with Crippen LogP contribution >= 0.6 is 22.6 Å². The highest BCUT2D eigenvalue weighted by atomic mass is 127. The first-order chi connectivity index (χ1) is 15.6. The smallest absolute Gasteiger partial charge is 0.254 e. The molecule has 170 valence electrons. The number of terminal acetylenes is 1. The number of pyridine rings is 1. The Kier molecular flexibility index (Phi) is 7.43. The Morgan fingerprint density at radius 2 is 1.88 bits per heavy atom. The van der Waals surface area contributed by atoms with Gasteiger partial charge in [-0.1, -0.05) is 5.92 Å². The molecular weight excluding hydrogens is 551 g/mol. The molecule has 0 bridgehead atoms. The molecule has 0 fully saturated rings. The average molecular weight is 568 g/mol. The van der Waals surface area contributed by atoms with E-state index in [0.717, 1.165) is 6.07 Å². The first-order valence-electron chi connectivity index (χ1n) is 9.51. The van der Waals surface area contributed by atoms with Gasteiger partial charge in [-0.3, -0.25) is 4.79 Å². The molecule has 0 aliphatic carbocycles. The molecule has 2 aromatic carbocycles. The van der Waals surface area contributed by atoms with Crippen molar-refractivity contribution in [2.75, 3.05) is 11.1 Å². The molecule has 4 N–H and O–H groups in total. The SMILES string of the molecule is C#C[C@@H](C)NC(=O)c1cc(Cc2ccnc(N)c2F)c(F)c(F)c1Nc1ccc(I)cc1F. The largest absolute Gasteiger partial charge is 0.381 e. The van der Waals surface area contributed by atoms with Gasteiger partial charge in [-0.15, -0.1) is 6.42 Å². The summed E-state index contributed by atoms with van der Waals surface area (Å²) in [5.74, 6) is -3.33. The summed E-state index contributed by atoms with van der Waals surface area (Å²) >= 11 is 1.89. The lowest BCUT2D eigenvalue weighted by atomic mass is 9.99. The second-order valence-corrected chi connectivity index (χ2v) is 8.29. The zero-order chi connectivity index (χ0) is 24.3. The fourth-order valence-electron chi connectivity index (χ4n) is 2.99. The normalized spacial score (nSPS) is 11.5. The Morgan fingerprint density at radius 3 is 2.55 bits per heavy atom. The molecule has 10 heteroatoms. The van der Waals surface area contributed by atoms with E-state index in [1.54, 1.807) is 6.07 Å². The molecule has 1 aromatic heterocycles. The van der Waals surface area contributed by atoms with E-state index in [9.17, 15) is 18.0 Å². The van der Waals surface area contributed by atoms with E-state index < -0.39 is 53.1 Å². The molecule has 0 aliphatic rings. The van der Waals surface area contributed by atoms with Crippen molar-refractivity contribution in [3.05, 3.63) is 80.1 Å². The maximum absolute atomic E-state index is 15.2. The second-order valence-electron chi connectivity index (χ2n) is 7.04. The third kappa shape index (κ3) is 5.36. The van der Waals surface area contributed by atoms with Gasteiger partial charge in [-0.2, -0.15) is 0 Å². The molecule has 33 heavy (non-hydrogen) atoms. The predicted molar refractivity (Wildman–Crippen MR) is 126 cm³/mol. The van der Waals surface area contributed by atoms with E-state index in [-0.39, 0.29) is 22.4 Å². The van der Waals surface area contributed by atoms with Crippen LogP contribution in [0.15, 0.2) is 36.5 Å². The summed E-state index contributed by atoms with van der Waals surface area (Å²) in [6.45, 7) is 1.51. The van der Waals surface area contributed by atoms with E-state index in [4.69, 9.17) is 12.2 Å². The lowest BCUT2D eigenvalue weighted by Crippen LogP contribution is -2.32. The van der Waals surface area contributed by atoms with Crippen LogP contribution in [0, 0.1) is 39.2 Å². The van der Waals surface area contributed by atoms with Gasteiger partial charge in [0.25, 0.3) is 5.91 Å². The summed E-state index contributed by atoms with van der Waals surface area (Å²) in [6, 6.07) is 5.64. The number of anilines is 3. The van der Waals surface area contributed by atoms with Crippen LogP contribution in [0.4, 0.5) is 34.8 Å². The average Bonchev–Trinajstić information content (AvgIpc) is 2.77. The Labute approximate surface area is 200 Å². The number of halogens is 5. The van der Waals surface area contributed by atoms with Gasteiger partial charge in [0, 0.05) is 16.2 Å². The molecule has 0 saturated carbocycles.